The molecule has 0 saturated heterocycles. The molecular weight excluding hydrogens is 210 g/mol. The molecule has 7 heteroatoms. The fourth-order valence-electron chi connectivity index (χ4n) is 0.937. The highest BCUT2D eigenvalue weighted by molar-refractivity contribution is 6.36. The van der Waals surface area contributed by atoms with Gasteiger partial charge in [0.25, 0.3) is 0 Å². The van der Waals surface area contributed by atoms with E-state index >= 15 is 0 Å². The first-order valence-corrected chi connectivity index (χ1v) is 4.04. The number of aryl methyl sites for hydroxylation is 1. The van der Waals surface area contributed by atoms with Crippen LogP contribution < -0.4 is 5.32 Å². The number of nitrogens with zero attached hydrogens (tertiary/aromatic N) is 2. The van der Waals surface area contributed by atoms with Gasteiger partial charge in [0, 0.05) is 14.0 Å². The van der Waals surface area contributed by atoms with E-state index < -0.39 is 5.97 Å². The molecule has 1 aromatic heterocycles. The molecule has 0 saturated carbocycles. The van der Waals surface area contributed by atoms with Crippen molar-refractivity contribution in [3.05, 3.63) is 10.7 Å². The van der Waals surface area contributed by atoms with Crippen molar-refractivity contribution in [1.82, 2.24) is 9.78 Å². The van der Waals surface area contributed by atoms with Gasteiger partial charge in [-0.2, -0.15) is 5.10 Å². The average molecular weight is 218 g/mol. The summed E-state index contributed by atoms with van der Waals surface area (Å²) in [5.41, 5.74) is -0.280. The van der Waals surface area contributed by atoms with Crippen LogP contribution >= 0.6 is 11.6 Å². The van der Waals surface area contributed by atoms with Crippen LogP contribution in [0.15, 0.2) is 0 Å². The monoisotopic (exact) mass is 217 g/mol. The zero-order chi connectivity index (χ0) is 10.9. The summed E-state index contributed by atoms with van der Waals surface area (Å²) in [6.07, 6.45) is 0. The second-order valence-corrected chi connectivity index (χ2v) is 3.00. The number of carboxylic acids is 1. The molecule has 2 N–H and O–H groups in total. The second-order valence-electron chi connectivity index (χ2n) is 2.62. The molecule has 76 valence electrons. The lowest BCUT2D eigenvalue weighted by molar-refractivity contribution is -0.114. The number of carbonyl (C=O) groups excluding carboxylic acids is 1. The van der Waals surface area contributed by atoms with Crippen molar-refractivity contribution >= 4 is 29.3 Å². The molecule has 0 aliphatic carbocycles. The Labute approximate surface area is 84.5 Å². The molecular formula is C7H8ClN3O3. The third-order valence-electron chi connectivity index (χ3n) is 1.49. The van der Waals surface area contributed by atoms with Crippen LogP contribution in [0.5, 0.6) is 0 Å². The summed E-state index contributed by atoms with van der Waals surface area (Å²) in [7, 11) is 1.49. The molecule has 0 aliphatic heterocycles. The van der Waals surface area contributed by atoms with Gasteiger partial charge >= 0.3 is 5.97 Å². The second kappa shape index (κ2) is 3.67. The lowest BCUT2D eigenvalue weighted by Gasteiger charge is -2.01. The highest BCUT2D eigenvalue weighted by atomic mass is 35.5. The van der Waals surface area contributed by atoms with E-state index in [0.29, 0.717) is 0 Å². The Bertz CT molecular complexity index is 399. The van der Waals surface area contributed by atoms with E-state index in [1.54, 1.807) is 0 Å². The normalized spacial score (nSPS) is 9.93. The van der Waals surface area contributed by atoms with Crippen LogP contribution in [0.4, 0.5) is 5.82 Å². The van der Waals surface area contributed by atoms with Crippen molar-refractivity contribution in [3.63, 3.8) is 0 Å². The molecule has 1 heterocycles. The molecule has 0 fully saturated rings. The number of nitrogens with one attached hydrogen (secondary N) is 1. The van der Waals surface area contributed by atoms with Crippen molar-refractivity contribution in [2.24, 2.45) is 7.05 Å². The first-order chi connectivity index (χ1) is 6.43. The van der Waals surface area contributed by atoms with E-state index in [2.05, 4.69) is 10.4 Å². The number of hydrogen-bond donors (Lipinski definition) is 2. The van der Waals surface area contributed by atoms with Gasteiger partial charge in [0.15, 0.2) is 11.5 Å². The van der Waals surface area contributed by atoms with E-state index in [4.69, 9.17) is 16.7 Å². The Hall–Kier alpha value is -1.56. The third-order valence-corrected chi connectivity index (χ3v) is 1.84. The highest BCUT2D eigenvalue weighted by Gasteiger charge is 2.19. The zero-order valence-corrected chi connectivity index (χ0v) is 8.29. The zero-order valence-electron chi connectivity index (χ0n) is 7.54. The average Bonchev–Trinajstić information content (AvgIpc) is 2.31. The Morgan fingerprint density at radius 2 is 2.14 bits per heavy atom. The molecule has 0 atom stereocenters. The Morgan fingerprint density at radius 1 is 1.57 bits per heavy atom. The van der Waals surface area contributed by atoms with Gasteiger partial charge in [0.05, 0.1) is 0 Å². The molecule has 14 heavy (non-hydrogen) atoms. The molecule has 0 radical (unpaired) electrons. The molecule has 0 aromatic carbocycles. The standard InChI is InChI=1S/C7H8ClN3O3/c1-3(12)9-6-4(8)5(7(13)14)10-11(6)2/h1-2H3,(H,9,12)(H,13,14). The number of carboxylic acid groups (broad SMARTS) is 1. The van der Waals surface area contributed by atoms with Crippen LogP contribution in [0.2, 0.25) is 5.02 Å². The van der Waals surface area contributed by atoms with E-state index in [0.717, 1.165) is 0 Å². The molecule has 1 amide bonds. The van der Waals surface area contributed by atoms with Crippen molar-refractivity contribution in [2.75, 3.05) is 5.32 Å². The van der Waals surface area contributed by atoms with Crippen molar-refractivity contribution in [2.45, 2.75) is 6.92 Å². The van der Waals surface area contributed by atoms with Crippen LogP contribution in [0.25, 0.3) is 0 Å². The first-order valence-electron chi connectivity index (χ1n) is 3.67. The van der Waals surface area contributed by atoms with Crippen LogP contribution in [0.3, 0.4) is 0 Å². The first kappa shape index (κ1) is 10.5. The summed E-state index contributed by atoms with van der Waals surface area (Å²) >= 11 is 5.69. The number of carbonyl (C=O) groups is 2. The van der Waals surface area contributed by atoms with E-state index in [9.17, 15) is 9.59 Å². The topological polar surface area (TPSA) is 84.2 Å². The summed E-state index contributed by atoms with van der Waals surface area (Å²) in [6, 6.07) is 0. The minimum absolute atomic E-state index is 0.0739. The molecule has 1 rings (SSSR count). The van der Waals surface area contributed by atoms with Crippen LogP contribution in [-0.2, 0) is 11.8 Å². The molecule has 0 unspecified atom stereocenters. The lowest BCUT2D eigenvalue weighted by Crippen LogP contribution is -2.10. The fourth-order valence-corrected chi connectivity index (χ4v) is 1.23. The Balaban J connectivity index is 3.17. The molecule has 0 aliphatic rings. The van der Waals surface area contributed by atoms with Crippen molar-refractivity contribution in [1.29, 1.82) is 0 Å². The van der Waals surface area contributed by atoms with Gasteiger partial charge in [-0.3, -0.25) is 9.48 Å². The van der Waals surface area contributed by atoms with E-state index in [1.807, 2.05) is 0 Å². The van der Waals surface area contributed by atoms with Gasteiger partial charge in [-0.25, -0.2) is 4.79 Å². The van der Waals surface area contributed by atoms with Gasteiger partial charge in [-0.1, -0.05) is 11.6 Å². The van der Waals surface area contributed by atoms with Gasteiger partial charge in [-0.15, -0.1) is 0 Å². The number of hydrogen-bond acceptors (Lipinski definition) is 3. The van der Waals surface area contributed by atoms with Crippen molar-refractivity contribution in [3.8, 4) is 0 Å². The Kier molecular flexibility index (Phi) is 2.76. The molecule has 1 aromatic rings. The van der Waals surface area contributed by atoms with Crippen molar-refractivity contribution < 1.29 is 14.7 Å². The van der Waals surface area contributed by atoms with E-state index in [1.165, 1.54) is 18.7 Å². The van der Waals surface area contributed by atoms with Crippen LogP contribution in [-0.4, -0.2) is 26.8 Å². The summed E-state index contributed by atoms with van der Waals surface area (Å²) in [5, 5.41) is 14.6. The lowest BCUT2D eigenvalue weighted by atomic mass is 10.4. The number of rotatable bonds is 2. The minimum Gasteiger partial charge on any atom is -0.476 e. The van der Waals surface area contributed by atoms with Gasteiger partial charge in [0.1, 0.15) is 5.02 Å². The third kappa shape index (κ3) is 1.85. The van der Waals surface area contributed by atoms with E-state index in [-0.39, 0.29) is 22.4 Å². The number of anilines is 1. The van der Waals surface area contributed by atoms with Gasteiger partial charge < -0.3 is 10.4 Å². The number of amides is 1. The summed E-state index contributed by atoms with van der Waals surface area (Å²) in [6.45, 7) is 1.30. The molecule has 0 bridgehead atoms. The summed E-state index contributed by atoms with van der Waals surface area (Å²) in [5.74, 6) is -1.40. The van der Waals surface area contributed by atoms with Crippen LogP contribution in [0.1, 0.15) is 17.4 Å². The van der Waals surface area contributed by atoms with Gasteiger partial charge in [0.2, 0.25) is 5.91 Å². The largest absolute Gasteiger partial charge is 0.476 e. The number of aromatic nitrogens is 2. The number of halogens is 1. The SMILES string of the molecule is CC(=O)Nc1c(Cl)c(C(=O)O)nn1C. The summed E-state index contributed by atoms with van der Waals surface area (Å²) < 4.78 is 1.20. The quantitative estimate of drug-likeness (QED) is 0.765. The Morgan fingerprint density at radius 3 is 2.50 bits per heavy atom. The fraction of sp³-hybridized carbons (Fsp3) is 0.286. The van der Waals surface area contributed by atoms with Crippen LogP contribution in [0, 0.1) is 0 Å². The smallest absolute Gasteiger partial charge is 0.358 e. The summed E-state index contributed by atoms with van der Waals surface area (Å²) in [4.78, 5) is 21.3. The highest BCUT2D eigenvalue weighted by Crippen LogP contribution is 2.24. The maximum absolute atomic E-state index is 10.7. The maximum Gasteiger partial charge on any atom is 0.358 e. The minimum atomic E-state index is -1.23. The molecule has 0 spiro atoms. The predicted octanol–water partition coefficient (Wildman–Crippen LogP) is 0.730. The number of aromatic carboxylic acids is 1. The maximum atomic E-state index is 10.7. The van der Waals surface area contributed by atoms with Gasteiger partial charge in [-0.05, 0) is 0 Å². The molecule has 6 nitrogen and oxygen atoms in total. The predicted molar refractivity (Wildman–Crippen MR) is 49.5 cm³/mol.